The first kappa shape index (κ1) is 24.0. The molecule has 1 aliphatic heterocycles. The smallest absolute Gasteiger partial charge is 0.343 e. The molecule has 0 saturated carbocycles. The molecule has 7 nitrogen and oxygen atoms in total. The minimum Gasteiger partial charge on any atom is -0.462 e. The molecule has 10 heteroatoms. The molecule has 0 spiro atoms. The van der Waals surface area contributed by atoms with Gasteiger partial charge in [-0.1, -0.05) is 33.6 Å². The number of imide groups is 1. The van der Waals surface area contributed by atoms with Crippen molar-refractivity contribution < 1.29 is 28.7 Å². The molecule has 2 aromatic rings. The molecule has 0 bridgehead atoms. The lowest BCUT2D eigenvalue weighted by Crippen LogP contribution is -2.35. The zero-order valence-corrected chi connectivity index (χ0v) is 20.1. The number of nitrogens with zero attached hydrogens (tertiary/aromatic N) is 1. The first-order valence-corrected chi connectivity index (χ1v) is 11.3. The number of amides is 2. The fourth-order valence-corrected chi connectivity index (χ4v) is 4.10. The number of ether oxygens (including phenoxy) is 2. The average molecular weight is 539 g/mol. The maximum Gasteiger partial charge on any atom is 0.343 e. The van der Waals surface area contributed by atoms with Gasteiger partial charge in [0.1, 0.15) is 12.3 Å². The largest absolute Gasteiger partial charge is 0.462 e. The van der Waals surface area contributed by atoms with Crippen LogP contribution in [0, 0.1) is 0 Å². The standard InChI is InChI=1S/C22H17BrClNO6S/c1-12(2)30-19(26)11-25-20(27)18(32-22(25)29)10-14-8-15(23)6-7-17(14)31-21(28)13-4-3-5-16(24)9-13/h3-10,12H,11H2,1-2H3/b18-10-. The molecule has 1 saturated heterocycles. The highest BCUT2D eigenvalue weighted by Crippen LogP contribution is 2.35. The number of carbonyl (C=O) groups is 4. The van der Waals surface area contributed by atoms with Crippen LogP contribution in [0.25, 0.3) is 6.08 Å². The number of halogens is 2. The number of esters is 2. The second-order valence-corrected chi connectivity index (χ2v) is 9.23. The number of hydrogen-bond donors (Lipinski definition) is 0. The van der Waals surface area contributed by atoms with E-state index in [0.717, 1.165) is 4.90 Å². The molecule has 3 rings (SSSR count). The normalized spacial score (nSPS) is 14.9. The maximum atomic E-state index is 12.7. The lowest BCUT2D eigenvalue weighted by Gasteiger charge is -2.13. The van der Waals surface area contributed by atoms with E-state index in [0.29, 0.717) is 26.8 Å². The molecule has 0 unspecified atom stereocenters. The Balaban J connectivity index is 1.84. The Morgan fingerprint density at radius 2 is 1.94 bits per heavy atom. The zero-order chi connectivity index (χ0) is 23.4. The van der Waals surface area contributed by atoms with Crippen molar-refractivity contribution in [3.8, 4) is 5.75 Å². The molecule has 1 fully saturated rings. The summed E-state index contributed by atoms with van der Waals surface area (Å²) in [5, 5.41) is -0.199. The van der Waals surface area contributed by atoms with Crippen LogP contribution in [0.1, 0.15) is 29.8 Å². The van der Waals surface area contributed by atoms with Gasteiger partial charge in [0.05, 0.1) is 16.6 Å². The van der Waals surface area contributed by atoms with Gasteiger partial charge in [-0.05, 0) is 68.1 Å². The predicted octanol–water partition coefficient (Wildman–Crippen LogP) is 5.31. The maximum absolute atomic E-state index is 12.7. The van der Waals surface area contributed by atoms with Crippen molar-refractivity contribution in [2.45, 2.75) is 20.0 Å². The van der Waals surface area contributed by atoms with Gasteiger partial charge < -0.3 is 9.47 Å². The quantitative estimate of drug-likeness (QED) is 0.280. The molecule has 2 amide bonds. The lowest BCUT2D eigenvalue weighted by molar-refractivity contribution is -0.149. The third kappa shape index (κ3) is 5.99. The van der Waals surface area contributed by atoms with Gasteiger partial charge in [-0.15, -0.1) is 0 Å². The highest BCUT2D eigenvalue weighted by molar-refractivity contribution is 9.10. The van der Waals surface area contributed by atoms with Gasteiger partial charge in [0.15, 0.2) is 0 Å². The number of carbonyl (C=O) groups excluding carboxylic acids is 4. The summed E-state index contributed by atoms with van der Waals surface area (Å²) in [6.07, 6.45) is 1.07. The molecular formula is C22H17BrClNO6S. The topological polar surface area (TPSA) is 90.0 Å². The minimum atomic E-state index is -0.679. The van der Waals surface area contributed by atoms with E-state index in [1.807, 2.05) is 0 Å². The first-order chi connectivity index (χ1) is 15.1. The van der Waals surface area contributed by atoms with E-state index in [2.05, 4.69) is 15.9 Å². The zero-order valence-electron chi connectivity index (χ0n) is 17.0. The van der Waals surface area contributed by atoms with Gasteiger partial charge >= 0.3 is 11.9 Å². The van der Waals surface area contributed by atoms with E-state index >= 15 is 0 Å². The highest BCUT2D eigenvalue weighted by atomic mass is 79.9. The summed E-state index contributed by atoms with van der Waals surface area (Å²) in [4.78, 5) is 50.3. The number of thioether (sulfide) groups is 1. The Labute approximate surface area is 201 Å². The molecule has 0 N–H and O–H groups in total. The molecule has 32 heavy (non-hydrogen) atoms. The Morgan fingerprint density at radius 3 is 2.62 bits per heavy atom. The van der Waals surface area contributed by atoms with Crippen LogP contribution in [0.4, 0.5) is 4.79 Å². The van der Waals surface area contributed by atoms with Crippen LogP contribution in [0.15, 0.2) is 51.8 Å². The summed E-state index contributed by atoms with van der Waals surface area (Å²) in [6, 6.07) is 11.2. The van der Waals surface area contributed by atoms with Gasteiger partial charge in [-0.2, -0.15) is 0 Å². The minimum absolute atomic E-state index is 0.0884. The highest BCUT2D eigenvalue weighted by Gasteiger charge is 2.37. The van der Waals surface area contributed by atoms with Crippen LogP contribution < -0.4 is 4.74 Å². The van der Waals surface area contributed by atoms with Crippen LogP contribution in [0.5, 0.6) is 5.75 Å². The number of hydrogen-bond acceptors (Lipinski definition) is 7. The Bertz CT molecular complexity index is 1130. The average Bonchev–Trinajstić information content (AvgIpc) is 2.96. The Morgan fingerprint density at radius 1 is 1.19 bits per heavy atom. The van der Waals surface area contributed by atoms with Crippen molar-refractivity contribution in [2.75, 3.05) is 6.54 Å². The van der Waals surface area contributed by atoms with Crippen molar-refractivity contribution in [3.05, 3.63) is 68.0 Å². The van der Waals surface area contributed by atoms with Gasteiger partial charge in [-0.25, -0.2) is 4.79 Å². The monoisotopic (exact) mass is 537 g/mol. The number of rotatable bonds is 6. The van der Waals surface area contributed by atoms with Gasteiger partial charge in [0.25, 0.3) is 11.1 Å². The SMILES string of the molecule is CC(C)OC(=O)CN1C(=O)S/C(=C\c2cc(Br)ccc2OC(=O)c2cccc(Cl)c2)C1=O. The summed E-state index contributed by atoms with van der Waals surface area (Å²) >= 11 is 9.96. The molecule has 0 aliphatic carbocycles. The molecule has 2 aromatic carbocycles. The molecule has 1 heterocycles. The van der Waals surface area contributed by atoms with E-state index in [1.165, 1.54) is 12.1 Å². The summed E-state index contributed by atoms with van der Waals surface area (Å²) < 4.78 is 11.2. The van der Waals surface area contributed by atoms with Crippen molar-refractivity contribution in [2.24, 2.45) is 0 Å². The van der Waals surface area contributed by atoms with Crippen LogP contribution in [-0.2, 0) is 14.3 Å². The van der Waals surface area contributed by atoms with Crippen molar-refractivity contribution in [1.29, 1.82) is 0 Å². The third-order valence-electron chi connectivity index (χ3n) is 4.05. The summed E-state index contributed by atoms with van der Waals surface area (Å²) in [5.74, 6) is -1.76. The van der Waals surface area contributed by atoms with E-state index in [1.54, 1.807) is 50.2 Å². The fourth-order valence-electron chi connectivity index (χ4n) is 2.71. The fraction of sp³-hybridized carbons (Fsp3) is 0.182. The second-order valence-electron chi connectivity index (χ2n) is 6.89. The van der Waals surface area contributed by atoms with Crippen molar-refractivity contribution in [3.63, 3.8) is 0 Å². The summed E-state index contributed by atoms with van der Waals surface area (Å²) in [7, 11) is 0. The molecule has 0 aromatic heterocycles. The predicted molar refractivity (Wildman–Crippen MR) is 124 cm³/mol. The molecule has 0 atom stereocenters. The molecule has 1 aliphatic rings. The van der Waals surface area contributed by atoms with Crippen LogP contribution in [-0.4, -0.2) is 40.6 Å². The van der Waals surface area contributed by atoms with Crippen LogP contribution >= 0.6 is 39.3 Å². The summed E-state index contributed by atoms with van der Waals surface area (Å²) in [6.45, 7) is 2.87. The van der Waals surface area contributed by atoms with E-state index in [4.69, 9.17) is 21.1 Å². The van der Waals surface area contributed by atoms with Gasteiger partial charge in [0.2, 0.25) is 0 Å². The first-order valence-electron chi connectivity index (χ1n) is 9.36. The third-order valence-corrected chi connectivity index (χ3v) is 5.69. The van der Waals surface area contributed by atoms with Gasteiger partial charge in [0, 0.05) is 15.1 Å². The molecule has 166 valence electrons. The van der Waals surface area contributed by atoms with Crippen molar-refractivity contribution >= 4 is 68.5 Å². The molecule has 0 radical (unpaired) electrons. The van der Waals surface area contributed by atoms with E-state index in [-0.39, 0.29) is 22.3 Å². The molecular weight excluding hydrogens is 522 g/mol. The summed E-state index contributed by atoms with van der Waals surface area (Å²) in [5.41, 5.74) is 0.653. The number of benzene rings is 2. The Kier molecular flexibility index (Phi) is 7.76. The Hall–Kier alpha value is -2.62. The van der Waals surface area contributed by atoms with E-state index in [9.17, 15) is 19.2 Å². The lowest BCUT2D eigenvalue weighted by atomic mass is 10.1. The van der Waals surface area contributed by atoms with Crippen molar-refractivity contribution in [1.82, 2.24) is 4.90 Å². The van der Waals surface area contributed by atoms with Gasteiger partial charge in [-0.3, -0.25) is 19.3 Å². The van der Waals surface area contributed by atoms with E-state index < -0.39 is 29.6 Å². The van der Waals surface area contributed by atoms with Crippen LogP contribution in [0.2, 0.25) is 5.02 Å². The second kappa shape index (κ2) is 10.3. The van der Waals surface area contributed by atoms with Crippen LogP contribution in [0.3, 0.4) is 0 Å².